The van der Waals surface area contributed by atoms with Gasteiger partial charge in [0.1, 0.15) is 6.54 Å². The van der Waals surface area contributed by atoms with E-state index >= 15 is 0 Å². The molecule has 0 bridgehead atoms. The van der Waals surface area contributed by atoms with E-state index in [0.717, 1.165) is 16.6 Å². The Morgan fingerprint density at radius 1 is 1.36 bits per heavy atom. The van der Waals surface area contributed by atoms with Crippen LogP contribution in [-0.2, 0) is 6.54 Å². The Morgan fingerprint density at radius 2 is 2.14 bits per heavy atom. The summed E-state index contributed by atoms with van der Waals surface area (Å²) < 4.78 is 1.66. The Balaban J connectivity index is 2.82. The number of rotatable bonds is 1. The van der Waals surface area contributed by atoms with E-state index in [1.54, 1.807) is 10.5 Å². The second kappa shape index (κ2) is 3.27. The van der Waals surface area contributed by atoms with Gasteiger partial charge in [-0.15, -0.1) is 0 Å². The fourth-order valence-corrected chi connectivity index (χ4v) is 1.55. The summed E-state index contributed by atoms with van der Waals surface area (Å²) in [5.41, 5.74) is 6.83. The maximum Gasteiger partial charge on any atom is 0.255 e. The Hall–Kier alpha value is -1.61. The predicted molar refractivity (Wildman–Crippen MR) is 55.0 cm³/mol. The lowest BCUT2D eigenvalue weighted by Gasteiger charge is -2.02. The van der Waals surface area contributed by atoms with Crippen molar-refractivity contribution in [3.63, 3.8) is 0 Å². The summed E-state index contributed by atoms with van der Waals surface area (Å²) in [5.74, 6) is 0. The number of hydrogen-bond donors (Lipinski definition) is 1. The van der Waals surface area contributed by atoms with Crippen LogP contribution in [0.1, 0.15) is 11.1 Å². The van der Waals surface area contributed by atoms with E-state index in [4.69, 9.17) is 0 Å². The van der Waals surface area contributed by atoms with E-state index in [1.807, 2.05) is 31.3 Å². The molecule has 0 aliphatic rings. The molecule has 0 aromatic carbocycles. The molecule has 2 aromatic rings. The second-order valence-corrected chi connectivity index (χ2v) is 3.45. The molecule has 3 N–H and O–H groups in total. The molecular formula is C11H13N2O+. The van der Waals surface area contributed by atoms with Gasteiger partial charge in [0.25, 0.3) is 5.56 Å². The minimum Gasteiger partial charge on any atom is -0.354 e. The lowest BCUT2D eigenvalue weighted by Crippen LogP contribution is -2.47. The third-order valence-electron chi connectivity index (χ3n) is 2.29. The molecule has 0 amide bonds. The van der Waals surface area contributed by atoms with Crippen LogP contribution in [0.25, 0.3) is 5.52 Å². The van der Waals surface area contributed by atoms with Crippen LogP contribution in [0.15, 0.2) is 35.3 Å². The summed E-state index contributed by atoms with van der Waals surface area (Å²) in [6.07, 6.45) is 1.85. The van der Waals surface area contributed by atoms with Crippen LogP contribution in [0.3, 0.4) is 0 Å². The van der Waals surface area contributed by atoms with Crippen molar-refractivity contribution in [1.82, 2.24) is 4.40 Å². The minimum absolute atomic E-state index is 0.0234. The number of nitrogens with zero attached hydrogens (tertiary/aromatic N) is 1. The zero-order chi connectivity index (χ0) is 10.1. The third-order valence-corrected chi connectivity index (χ3v) is 2.29. The summed E-state index contributed by atoms with van der Waals surface area (Å²) in [7, 11) is 0. The van der Waals surface area contributed by atoms with Gasteiger partial charge >= 0.3 is 0 Å². The topological polar surface area (TPSA) is 49.1 Å². The molecule has 0 atom stereocenters. The maximum absolute atomic E-state index is 11.6. The Morgan fingerprint density at radius 3 is 2.86 bits per heavy atom. The van der Waals surface area contributed by atoms with Crippen LogP contribution in [0, 0.1) is 6.92 Å². The van der Waals surface area contributed by atoms with Gasteiger partial charge in [0, 0.05) is 23.3 Å². The van der Waals surface area contributed by atoms with Gasteiger partial charge in [-0.1, -0.05) is 0 Å². The molecule has 3 heteroatoms. The molecule has 2 heterocycles. The Bertz CT molecular complexity index is 528. The molecule has 0 spiro atoms. The Labute approximate surface area is 81.8 Å². The largest absolute Gasteiger partial charge is 0.354 e. The van der Waals surface area contributed by atoms with Crippen molar-refractivity contribution < 1.29 is 5.73 Å². The summed E-state index contributed by atoms with van der Waals surface area (Å²) in [6.45, 7) is 2.63. The fourth-order valence-electron chi connectivity index (χ4n) is 1.55. The number of hydrogen-bond acceptors (Lipinski definition) is 1. The van der Waals surface area contributed by atoms with Crippen molar-refractivity contribution >= 4 is 5.52 Å². The van der Waals surface area contributed by atoms with Crippen molar-refractivity contribution in [2.24, 2.45) is 0 Å². The SMILES string of the molecule is Cc1cc(=O)n2cc(C[NH3+])ccc2c1. The highest BCUT2D eigenvalue weighted by molar-refractivity contribution is 5.49. The molecule has 2 aromatic heterocycles. The molecule has 72 valence electrons. The summed E-state index contributed by atoms with van der Waals surface area (Å²) >= 11 is 0. The lowest BCUT2D eigenvalue weighted by atomic mass is 10.2. The third kappa shape index (κ3) is 1.42. The summed E-state index contributed by atoms with van der Waals surface area (Å²) in [5, 5.41) is 0. The van der Waals surface area contributed by atoms with Gasteiger partial charge in [-0.3, -0.25) is 9.20 Å². The zero-order valence-electron chi connectivity index (χ0n) is 8.16. The first-order valence-electron chi connectivity index (χ1n) is 4.62. The highest BCUT2D eigenvalue weighted by atomic mass is 16.1. The van der Waals surface area contributed by atoms with Gasteiger partial charge in [0.2, 0.25) is 0 Å². The molecule has 14 heavy (non-hydrogen) atoms. The molecule has 0 saturated carbocycles. The molecule has 2 rings (SSSR count). The highest BCUT2D eigenvalue weighted by Crippen LogP contribution is 2.05. The van der Waals surface area contributed by atoms with Crippen LogP contribution in [0.2, 0.25) is 0 Å². The molecular weight excluding hydrogens is 176 g/mol. The van der Waals surface area contributed by atoms with Gasteiger partial charge in [-0.05, 0) is 30.7 Å². The number of pyridine rings is 2. The summed E-state index contributed by atoms with van der Waals surface area (Å²) in [6, 6.07) is 7.59. The van der Waals surface area contributed by atoms with Crippen LogP contribution < -0.4 is 11.3 Å². The van der Waals surface area contributed by atoms with Crippen molar-refractivity contribution in [2.75, 3.05) is 0 Å². The molecule has 0 radical (unpaired) electrons. The lowest BCUT2D eigenvalue weighted by molar-refractivity contribution is -0.386. The van der Waals surface area contributed by atoms with E-state index < -0.39 is 0 Å². The van der Waals surface area contributed by atoms with Gasteiger partial charge in [0.15, 0.2) is 0 Å². The molecule has 0 aliphatic carbocycles. The average molecular weight is 189 g/mol. The van der Waals surface area contributed by atoms with Crippen molar-refractivity contribution in [1.29, 1.82) is 0 Å². The first-order chi connectivity index (χ1) is 6.70. The van der Waals surface area contributed by atoms with E-state index in [1.165, 1.54) is 0 Å². The normalized spacial score (nSPS) is 10.7. The first-order valence-corrected chi connectivity index (χ1v) is 4.62. The quantitative estimate of drug-likeness (QED) is 0.691. The summed E-state index contributed by atoms with van der Waals surface area (Å²) in [4.78, 5) is 11.6. The number of quaternary nitrogens is 1. The van der Waals surface area contributed by atoms with Gasteiger partial charge in [0.05, 0.1) is 0 Å². The molecule has 0 saturated heterocycles. The van der Waals surface area contributed by atoms with E-state index in [0.29, 0.717) is 6.54 Å². The van der Waals surface area contributed by atoms with Crippen LogP contribution in [0.4, 0.5) is 0 Å². The predicted octanol–water partition coefficient (Wildman–Crippen LogP) is 0.350. The average Bonchev–Trinajstić information content (AvgIpc) is 2.17. The van der Waals surface area contributed by atoms with Crippen LogP contribution in [0.5, 0.6) is 0 Å². The second-order valence-electron chi connectivity index (χ2n) is 3.45. The number of fused-ring (bicyclic) bond motifs is 1. The van der Waals surface area contributed by atoms with Crippen molar-refractivity contribution in [3.05, 3.63) is 51.9 Å². The molecule has 0 aliphatic heterocycles. The van der Waals surface area contributed by atoms with Gasteiger partial charge in [-0.25, -0.2) is 0 Å². The van der Waals surface area contributed by atoms with Gasteiger partial charge < -0.3 is 5.73 Å². The number of aryl methyl sites for hydroxylation is 1. The van der Waals surface area contributed by atoms with Gasteiger partial charge in [-0.2, -0.15) is 0 Å². The zero-order valence-corrected chi connectivity index (χ0v) is 8.16. The smallest absolute Gasteiger partial charge is 0.255 e. The van der Waals surface area contributed by atoms with E-state index in [-0.39, 0.29) is 5.56 Å². The monoisotopic (exact) mass is 189 g/mol. The van der Waals surface area contributed by atoms with E-state index in [2.05, 4.69) is 5.73 Å². The van der Waals surface area contributed by atoms with Crippen molar-refractivity contribution in [3.8, 4) is 0 Å². The molecule has 0 unspecified atom stereocenters. The Kier molecular flexibility index (Phi) is 2.09. The highest BCUT2D eigenvalue weighted by Gasteiger charge is 1.98. The van der Waals surface area contributed by atoms with Crippen LogP contribution >= 0.6 is 0 Å². The molecule has 0 fully saturated rings. The number of aromatic nitrogens is 1. The molecule has 3 nitrogen and oxygen atoms in total. The first kappa shape index (κ1) is 8.97. The van der Waals surface area contributed by atoms with E-state index in [9.17, 15) is 4.79 Å². The van der Waals surface area contributed by atoms with Crippen molar-refractivity contribution in [2.45, 2.75) is 13.5 Å². The maximum atomic E-state index is 11.6. The fraction of sp³-hybridized carbons (Fsp3) is 0.182. The standard InChI is InChI=1S/C11H12N2O/c1-8-4-10-3-2-9(6-12)7-13(10)11(14)5-8/h2-5,7H,6,12H2,1H3/p+1. The van der Waals surface area contributed by atoms with Crippen LogP contribution in [-0.4, -0.2) is 4.40 Å². The minimum atomic E-state index is 0.0234.